The molecule has 1 aromatic heterocycles. The van der Waals surface area contributed by atoms with Crippen LogP contribution in [0, 0.1) is 6.92 Å². The number of aromatic nitrogens is 1. The molecule has 5 nitrogen and oxygen atoms in total. The number of likely N-dealkylation sites (tertiary alicyclic amines) is 1. The van der Waals surface area contributed by atoms with E-state index in [1.807, 2.05) is 25.1 Å². The van der Waals surface area contributed by atoms with E-state index < -0.39 is 0 Å². The molecule has 2 aromatic rings. The Labute approximate surface area is 140 Å². The Morgan fingerprint density at radius 3 is 3.00 bits per heavy atom. The summed E-state index contributed by atoms with van der Waals surface area (Å²) < 4.78 is 5.90. The number of ether oxygens (including phenoxy) is 1. The summed E-state index contributed by atoms with van der Waals surface area (Å²) >= 11 is 6.10. The SMILES string of the molecule is Cc1cnccc1NC(=O)N1CC[C@@H](Oc2ccccc2Cl)C1. The fourth-order valence-corrected chi connectivity index (χ4v) is 2.72. The first-order valence-corrected chi connectivity index (χ1v) is 7.89. The minimum atomic E-state index is -0.121. The Bertz CT molecular complexity index is 708. The number of urea groups is 1. The molecule has 0 saturated carbocycles. The van der Waals surface area contributed by atoms with Gasteiger partial charge >= 0.3 is 6.03 Å². The Kier molecular flexibility index (Phi) is 4.67. The molecular formula is C17H18ClN3O2. The number of carbonyl (C=O) groups is 1. The maximum absolute atomic E-state index is 12.3. The predicted molar refractivity (Wildman–Crippen MR) is 90.1 cm³/mol. The normalized spacial score (nSPS) is 17.1. The first kappa shape index (κ1) is 15.6. The van der Waals surface area contributed by atoms with Crippen LogP contribution in [0.25, 0.3) is 0 Å². The molecule has 0 unspecified atom stereocenters. The molecule has 0 aliphatic carbocycles. The van der Waals surface area contributed by atoms with Crippen LogP contribution in [0.2, 0.25) is 5.02 Å². The minimum Gasteiger partial charge on any atom is -0.487 e. The highest BCUT2D eigenvalue weighted by atomic mass is 35.5. The molecule has 0 radical (unpaired) electrons. The van der Waals surface area contributed by atoms with Crippen molar-refractivity contribution in [2.75, 3.05) is 18.4 Å². The summed E-state index contributed by atoms with van der Waals surface area (Å²) in [6, 6.07) is 9.05. The van der Waals surface area contributed by atoms with Crippen molar-refractivity contribution in [1.82, 2.24) is 9.88 Å². The second-order valence-electron chi connectivity index (χ2n) is 5.53. The number of para-hydroxylation sites is 1. The number of amides is 2. The third-order valence-electron chi connectivity index (χ3n) is 3.82. The molecule has 1 N–H and O–H groups in total. The van der Waals surface area contributed by atoms with Gasteiger partial charge in [0.05, 0.1) is 11.6 Å². The van der Waals surface area contributed by atoms with Crippen LogP contribution < -0.4 is 10.1 Å². The van der Waals surface area contributed by atoms with Crippen molar-refractivity contribution in [2.24, 2.45) is 0 Å². The van der Waals surface area contributed by atoms with Gasteiger partial charge < -0.3 is 15.0 Å². The van der Waals surface area contributed by atoms with E-state index in [0.717, 1.165) is 17.7 Å². The van der Waals surface area contributed by atoms with Gasteiger partial charge in [-0.25, -0.2) is 4.79 Å². The van der Waals surface area contributed by atoms with Crippen molar-refractivity contribution >= 4 is 23.3 Å². The number of nitrogens with one attached hydrogen (secondary N) is 1. The number of benzene rings is 1. The van der Waals surface area contributed by atoms with Crippen LogP contribution in [-0.4, -0.2) is 35.1 Å². The molecule has 1 aliphatic rings. The quantitative estimate of drug-likeness (QED) is 0.932. The lowest BCUT2D eigenvalue weighted by Crippen LogP contribution is -2.34. The standard InChI is InChI=1S/C17H18ClN3O2/c1-12-10-19-8-6-15(12)20-17(22)21-9-7-13(11-21)23-16-5-3-2-4-14(16)18/h2-6,8,10,13H,7,9,11H2,1H3,(H,19,20,22)/t13-/m1/s1. The fraction of sp³-hybridized carbons (Fsp3) is 0.294. The molecule has 1 saturated heterocycles. The molecule has 6 heteroatoms. The van der Waals surface area contributed by atoms with E-state index in [1.165, 1.54) is 0 Å². The molecular weight excluding hydrogens is 314 g/mol. The van der Waals surface area contributed by atoms with Crippen LogP contribution in [0.3, 0.4) is 0 Å². The van der Waals surface area contributed by atoms with Crippen LogP contribution in [-0.2, 0) is 0 Å². The van der Waals surface area contributed by atoms with Crippen molar-refractivity contribution in [2.45, 2.75) is 19.4 Å². The Morgan fingerprint density at radius 1 is 1.39 bits per heavy atom. The monoisotopic (exact) mass is 331 g/mol. The van der Waals surface area contributed by atoms with Gasteiger partial charge in [0.2, 0.25) is 0 Å². The minimum absolute atomic E-state index is 0.0424. The Morgan fingerprint density at radius 2 is 2.22 bits per heavy atom. The number of aryl methyl sites for hydroxylation is 1. The molecule has 3 rings (SSSR count). The summed E-state index contributed by atoms with van der Waals surface area (Å²) in [5.41, 5.74) is 1.71. The van der Waals surface area contributed by atoms with Crippen molar-refractivity contribution in [3.05, 3.63) is 53.3 Å². The van der Waals surface area contributed by atoms with Gasteiger partial charge in [-0.15, -0.1) is 0 Å². The largest absolute Gasteiger partial charge is 0.487 e. The number of nitrogens with zero attached hydrogens (tertiary/aromatic N) is 2. The van der Waals surface area contributed by atoms with Crippen molar-refractivity contribution in [3.63, 3.8) is 0 Å². The number of hydrogen-bond acceptors (Lipinski definition) is 3. The van der Waals surface area contributed by atoms with E-state index in [2.05, 4.69) is 10.3 Å². The van der Waals surface area contributed by atoms with Crippen LogP contribution in [0.4, 0.5) is 10.5 Å². The maximum Gasteiger partial charge on any atom is 0.321 e. The highest BCUT2D eigenvalue weighted by molar-refractivity contribution is 6.32. The molecule has 2 heterocycles. The third kappa shape index (κ3) is 3.74. The number of halogens is 1. The second kappa shape index (κ2) is 6.87. The fourth-order valence-electron chi connectivity index (χ4n) is 2.54. The lowest BCUT2D eigenvalue weighted by molar-refractivity contribution is 0.195. The van der Waals surface area contributed by atoms with Gasteiger partial charge in [0.15, 0.2) is 0 Å². The molecule has 23 heavy (non-hydrogen) atoms. The van der Waals surface area contributed by atoms with Crippen LogP contribution in [0.5, 0.6) is 5.75 Å². The molecule has 1 aromatic carbocycles. The number of pyridine rings is 1. The summed E-state index contributed by atoms with van der Waals surface area (Å²) in [6.45, 7) is 3.11. The number of hydrogen-bond donors (Lipinski definition) is 1. The predicted octanol–water partition coefficient (Wildman–Crippen LogP) is 3.73. The third-order valence-corrected chi connectivity index (χ3v) is 4.14. The summed E-state index contributed by atoms with van der Waals surface area (Å²) in [5.74, 6) is 0.659. The Balaban J connectivity index is 1.58. The summed E-state index contributed by atoms with van der Waals surface area (Å²) in [6.07, 6.45) is 4.13. The van der Waals surface area contributed by atoms with Gasteiger partial charge in [-0.1, -0.05) is 23.7 Å². The molecule has 1 fully saturated rings. The molecule has 1 aliphatic heterocycles. The number of anilines is 1. The van der Waals surface area contributed by atoms with Crippen molar-refractivity contribution in [1.29, 1.82) is 0 Å². The maximum atomic E-state index is 12.3. The highest BCUT2D eigenvalue weighted by Crippen LogP contribution is 2.26. The van der Waals surface area contributed by atoms with Gasteiger partial charge in [0.1, 0.15) is 11.9 Å². The molecule has 0 spiro atoms. The number of rotatable bonds is 3. The zero-order chi connectivity index (χ0) is 16.2. The summed E-state index contributed by atoms with van der Waals surface area (Å²) in [5, 5.41) is 3.50. The topological polar surface area (TPSA) is 54.5 Å². The first-order chi connectivity index (χ1) is 11.1. The van der Waals surface area contributed by atoms with Crippen LogP contribution in [0.15, 0.2) is 42.7 Å². The summed E-state index contributed by atoms with van der Waals surface area (Å²) in [7, 11) is 0. The van der Waals surface area contributed by atoms with E-state index in [-0.39, 0.29) is 12.1 Å². The molecule has 120 valence electrons. The Hall–Kier alpha value is -2.27. The van der Waals surface area contributed by atoms with E-state index in [4.69, 9.17) is 16.3 Å². The van der Waals surface area contributed by atoms with E-state index in [1.54, 1.807) is 29.4 Å². The lowest BCUT2D eigenvalue weighted by atomic mass is 10.2. The van der Waals surface area contributed by atoms with Gasteiger partial charge in [0.25, 0.3) is 0 Å². The second-order valence-corrected chi connectivity index (χ2v) is 5.93. The van der Waals surface area contributed by atoms with Gasteiger partial charge in [-0.3, -0.25) is 4.98 Å². The average Bonchev–Trinajstić information content (AvgIpc) is 3.01. The van der Waals surface area contributed by atoms with E-state index in [9.17, 15) is 4.79 Å². The number of carbonyl (C=O) groups excluding carboxylic acids is 1. The van der Waals surface area contributed by atoms with Gasteiger partial charge in [-0.05, 0) is 30.7 Å². The molecule has 1 atom stereocenters. The molecule has 0 bridgehead atoms. The highest BCUT2D eigenvalue weighted by Gasteiger charge is 2.28. The van der Waals surface area contributed by atoms with Crippen molar-refractivity contribution < 1.29 is 9.53 Å². The van der Waals surface area contributed by atoms with Crippen LogP contribution in [0.1, 0.15) is 12.0 Å². The van der Waals surface area contributed by atoms with Gasteiger partial charge in [-0.2, -0.15) is 0 Å². The van der Waals surface area contributed by atoms with Crippen molar-refractivity contribution in [3.8, 4) is 5.75 Å². The first-order valence-electron chi connectivity index (χ1n) is 7.51. The van der Waals surface area contributed by atoms with E-state index in [0.29, 0.717) is 23.9 Å². The lowest BCUT2D eigenvalue weighted by Gasteiger charge is -2.19. The molecule has 2 amide bonds. The zero-order valence-corrected chi connectivity index (χ0v) is 13.6. The van der Waals surface area contributed by atoms with E-state index >= 15 is 0 Å². The van der Waals surface area contributed by atoms with Gasteiger partial charge in [0, 0.05) is 31.0 Å². The summed E-state index contributed by atoms with van der Waals surface area (Å²) in [4.78, 5) is 18.1. The van der Waals surface area contributed by atoms with Crippen LogP contribution >= 0.6 is 11.6 Å². The zero-order valence-electron chi connectivity index (χ0n) is 12.8. The smallest absolute Gasteiger partial charge is 0.321 e. The average molecular weight is 332 g/mol.